The minimum Gasteiger partial charge on any atom is -0.353 e. The summed E-state index contributed by atoms with van der Waals surface area (Å²) in [7, 11) is 0. The van der Waals surface area contributed by atoms with Crippen LogP contribution in [-0.2, 0) is 9.47 Å². The van der Waals surface area contributed by atoms with E-state index in [0.717, 1.165) is 19.4 Å². The Morgan fingerprint density at radius 2 is 2.18 bits per heavy atom. The molecule has 0 N–H and O–H groups in total. The lowest BCUT2D eigenvalue weighted by Crippen LogP contribution is -2.14. The van der Waals surface area contributed by atoms with Crippen molar-refractivity contribution in [3.8, 4) is 0 Å². The van der Waals surface area contributed by atoms with E-state index < -0.39 is 0 Å². The second-order valence-corrected chi connectivity index (χ2v) is 3.18. The maximum atomic E-state index is 5.64. The summed E-state index contributed by atoms with van der Waals surface area (Å²) in [6.07, 6.45) is 2.66. The molecule has 1 unspecified atom stereocenters. The van der Waals surface area contributed by atoms with Gasteiger partial charge in [-0.15, -0.1) is 0 Å². The molecule has 1 aliphatic rings. The Morgan fingerprint density at radius 1 is 1.45 bits per heavy atom. The molecular weight excluding hydrogens is 140 g/mol. The second-order valence-electron chi connectivity index (χ2n) is 3.18. The van der Waals surface area contributed by atoms with Crippen molar-refractivity contribution < 1.29 is 9.47 Å². The van der Waals surface area contributed by atoms with Gasteiger partial charge in [0, 0.05) is 13.0 Å². The highest BCUT2D eigenvalue weighted by Gasteiger charge is 2.30. The Morgan fingerprint density at radius 3 is 2.64 bits per heavy atom. The molecule has 1 rings (SSSR count). The summed E-state index contributed by atoms with van der Waals surface area (Å²) in [5.41, 5.74) is 0. The molecule has 0 aromatic rings. The van der Waals surface area contributed by atoms with Crippen LogP contribution in [0.5, 0.6) is 0 Å². The fraction of sp³-hybridized carbons (Fsp3) is 1.00. The molecule has 0 spiro atoms. The third-order valence-corrected chi connectivity index (χ3v) is 2.28. The van der Waals surface area contributed by atoms with E-state index in [1.807, 2.05) is 6.92 Å². The van der Waals surface area contributed by atoms with Gasteiger partial charge in [0.15, 0.2) is 6.29 Å². The lowest BCUT2D eigenvalue weighted by atomic mass is 10.0. The molecule has 66 valence electrons. The van der Waals surface area contributed by atoms with Gasteiger partial charge in [-0.1, -0.05) is 13.8 Å². The Balaban J connectivity index is 2.30. The molecule has 0 amide bonds. The molecule has 0 aromatic heterocycles. The lowest BCUT2D eigenvalue weighted by Gasteiger charge is -2.12. The first-order valence-electron chi connectivity index (χ1n) is 4.55. The largest absolute Gasteiger partial charge is 0.353 e. The van der Waals surface area contributed by atoms with Gasteiger partial charge in [-0.05, 0) is 19.3 Å². The van der Waals surface area contributed by atoms with E-state index in [9.17, 15) is 0 Å². The lowest BCUT2D eigenvalue weighted by molar-refractivity contribution is -0.131. The zero-order valence-electron chi connectivity index (χ0n) is 7.67. The van der Waals surface area contributed by atoms with Crippen molar-refractivity contribution >= 4 is 0 Å². The van der Waals surface area contributed by atoms with Crippen LogP contribution in [0.3, 0.4) is 0 Å². The van der Waals surface area contributed by atoms with Crippen LogP contribution in [0.15, 0.2) is 0 Å². The van der Waals surface area contributed by atoms with Crippen molar-refractivity contribution in [1.82, 2.24) is 0 Å². The van der Waals surface area contributed by atoms with E-state index >= 15 is 0 Å². The smallest absolute Gasteiger partial charge is 0.158 e. The van der Waals surface area contributed by atoms with E-state index in [0.29, 0.717) is 12.0 Å². The van der Waals surface area contributed by atoms with E-state index in [1.165, 1.54) is 0 Å². The summed E-state index contributed by atoms with van der Waals surface area (Å²) in [4.78, 5) is 0. The topological polar surface area (TPSA) is 18.5 Å². The van der Waals surface area contributed by atoms with Gasteiger partial charge >= 0.3 is 0 Å². The summed E-state index contributed by atoms with van der Waals surface area (Å²) >= 11 is 0. The fourth-order valence-corrected chi connectivity index (χ4v) is 1.63. The van der Waals surface area contributed by atoms with Crippen molar-refractivity contribution in [2.75, 3.05) is 6.61 Å². The fourth-order valence-electron chi connectivity index (χ4n) is 1.63. The molecule has 0 saturated carbocycles. The van der Waals surface area contributed by atoms with Gasteiger partial charge in [0.1, 0.15) is 0 Å². The van der Waals surface area contributed by atoms with Gasteiger partial charge < -0.3 is 9.47 Å². The average Bonchev–Trinajstić information content (AvgIpc) is 2.32. The van der Waals surface area contributed by atoms with Gasteiger partial charge in [0.25, 0.3) is 0 Å². The maximum absolute atomic E-state index is 5.64. The predicted octanol–water partition coefficient (Wildman–Crippen LogP) is 2.18. The van der Waals surface area contributed by atoms with Crippen molar-refractivity contribution in [3.05, 3.63) is 0 Å². The normalized spacial score (nSPS) is 37.9. The molecule has 2 heteroatoms. The average molecular weight is 158 g/mol. The Labute approximate surface area is 68.9 Å². The molecule has 1 saturated heterocycles. The number of hydrogen-bond acceptors (Lipinski definition) is 2. The van der Waals surface area contributed by atoms with Crippen LogP contribution in [-0.4, -0.2) is 19.0 Å². The van der Waals surface area contributed by atoms with Crippen molar-refractivity contribution in [1.29, 1.82) is 0 Å². The Hall–Kier alpha value is -0.0800. The van der Waals surface area contributed by atoms with Crippen LogP contribution in [0.1, 0.15) is 33.6 Å². The molecule has 0 aliphatic carbocycles. The monoisotopic (exact) mass is 158 g/mol. The molecule has 1 heterocycles. The van der Waals surface area contributed by atoms with Gasteiger partial charge in [-0.25, -0.2) is 0 Å². The molecule has 0 bridgehead atoms. The molecule has 0 aromatic carbocycles. The first-order chi connectivity index (χ1) is 5.27. The van der Waals surface area contributed by atoms with Crippen LogP contribution < -0.4 is 0 Å². The van der Waals surface area contributed by atoms with Crippen molar-refractivity contribution in [2.45, 2.75) is 46.0 Å². The van der Waals surface area contributed by atoms with E-state index in [-0.39, 0.29) is 6.29 Å². The molecule has 1 aliphatic heterocycles. The predicted molar refractivity (Wildman–Crippen MR) is 44.4 cm³/mol. The zero-order chi connectivity index (χ0) is 8.27. The molecule has 1 fully saturated rings. The summed E-state index contributed by atoms with van der Waals surface area (Å²) in [6.45, 7) is 7.16. The van der Waals surface area contributed by atoms with E-state index in [1.54, 1.807) is 0 Å². The van der Waals surface area contributed by atoms with Gasteiger partial charge in [-0.2, -0.15) is 0 Å². The number of rotatable bonds is 3. The highest BCUT2D eigenvalue weighted by atomic mass is 16.7. The van der Waals surface area contributed by atoms with Gasteiger partial charge in [0.2, 0.25) is 0 Å². The van der Waals surface area contributed by atoms with E-state index in [2.05, 4.69) is 13.8 Å². The molecule has 0 radical (unpaired) electrons. The Bertz CT molecular complexity index is 114. The quantitative estimate of drug-likeness (QED) is 0.626. The van der Waals surface area contributed by atoms with Crippen LogP contribution in [0.4, 0.5) is 0 Å². The van der Waals surface area contributed by atoms with Crippen LogP contribution in [0.25, 0.3) is 0 Å². The SMILES string of the molecule is CCOC1C[C@H](C)[C@@H](CC)O1. The van der Waals surface area contributed by atoms with Gasteiger partial charge in [-0.3, -0.25) is 0 Å². The zero-order valence-corrected chi connectivity index (χ0v) is 7.67. The number of hydrogen-bond donors (Lipinski definition) is 0. The molecule has 11 heavy (non-hydrogen) atoms. The summed E-state index contributed by atoms with van der Waals surface area (Å²) in [5.74, 6) is 0.663. The second kappa shape index (κ2) is 4.07. The van der Waals surface area contributed by atoms with E-state index in [4.69, 9.17) is 9.47 Å². The van der Waals surface area contributed by atoms with Crippen LogP contribution >= 0.6 is 0 Å². The van der Waals surface area contributed by atoms with Crippen molar-refractivity contribution in [3.63, 3.8) is 0 Å². The number of ether oxygens (including phenoxy) is 2. The van der Waals surface area contributed by atoms with Crippen LogP contribution in [0, 0.1) is 5.92 Å². The molecular formula is C9H18O2. The van der Waals surface area contributed by atoms with Gasteiger partial charge in [0.05, 0.1) is 6.10 Å². The van der Waals surface area contributed by atoms with Crippen molar-refractivity contribution in [2.24, 2.45) is 5.92 Å². The summed E-state index contributed by atoms with van der Waals surface area (Å²) < 4.78 is 11.0. The minimum atomic E-state index is 0.0694. The highest BCUT2D eigenvalue weighted by Crippen LogP contribution is 2.28. The highest BCUT2D eigenvalue weighted by molar-refractivity contribution is 4.73. The Kier molecular flexibility index (Phi) is 3.34. The molecule has 3 atom stereocenters. The standard InChI is InChI=1S/C9H18O2/c1-4-8-7(3)6-9(11-8)10-5-2/h7-9H,4-6H2,1-3H3/t7-,8+,9?/m0/s1. The van der Waals surface area contributed by atoms with Crippen LogP contribution in [0.2, 0.25) is 0 Å². The maximum Gasteiger partial charge on any atom is 0.158 e. The molecule has 2 nitrogen and oxygen atoms in total. The summed E-state index contributed by atoms with van der Waals surface area (Å²) in [6, 6.07) is 0. The first-order valence-corrected chi connectivity index (χ1v) is 4.55. The minimum absolute atomic E-state index is 0.0694. The first kappa shape index (κ1) is 9.01. The third-order valence-electron chi connectivity index (χ3n) is 2.28. The summed E-state index contributed by atoms with van der Waals surface area (Å²) in [5, 5.41) is 0. The third kappa shape index (κ3) is 2.17.